The maximum Gasteiger partial charge on any atom is 0.245 e. The predicted molar refractivity (Wildman–Crippen MR) is 76.4 cm³/mol. The summed E-state index contributed by atoms with van der Waals surface area (Å²) in [7, 11) is 2.09. The van der Waals surface area contributed by atoms with Crippen LogP contribution in [0.25, 0.3) is 5.65 Å². The lowest BCUT2D eigenvalue weighted by Crippen LogP contribution is -2.39. The Morgan fingerprint density at radius 1 is 1.26 bits per heavy atom. The Bertz CT molecular complexity index is 568. The molecular formula is C14H21N5. The Balaban J connectivity index is 1.83. The van der Waals surface area contributed by atoms with Gasteiger partial charge in [-0.15, -0.1) is 5.10 Å². The molecule has 2 aromatic rings. The molecule has 2 N–H and O–H groups in total. The van der Waals surface area contributed by atoms with Crippen molar-refractivity contribution in [3.8, 4) is 0 Å². The largest absolute Gasteiger partial charge is 0.340 e. The lowest BCUT2D eigenvalue weighted by Gasteiger charge is -2.32. The quantitative estimate of drug-likeness (QED) is 0.892. The summed E-state index contributed by atoms with van der Waals surface area (Å²) in [4.78, 5) is 6.80. The SMILES string of the molecule is Cc1ccc2nc(N(C)C3CCC(N)CC3)nn2c1. The number of anilines is 1. The predicted octanol–water partition coefficient (Wildman–Crippen LogP) is 1.74. The van der Waals surface area contributed by atoms with E-state index in [4.69, 9.17) is 5.73 Å². The van der Waals surface area contributed by atoms with Gasteiger partial charge in [0, 0.05) is 25.3 Å². The standard InChI is InChI=1S/C14H21N5/c1-10-3-8-13-16-14(17-19(13)9-10)18(2)12-6-4-11(15)5-7-12/h3,8-9,11-12H,4-7,15H2,1-2H3. The zero-order chi connectivity index (χ0) is 13.4. The molecule has 1 aliphatic carbocycles. The fourth-order valence-electron chi connectivity index (χ4n) is 2.78. The van der Waals surface area contributed by atoms with E-state index in [1.54, 1.807) is 0 Å². The van der Waals surface area contributed by atoms with Gasteiger partial charge in [0.2, 0.25) is 5.95 Å². The summed E-state index contributed by atoms with van der Waals surface area (Å²) in [5, 5.41) is 4.57. The van der Waals surface area contributed by atoms with Gasteiger partial charge in [0.05, 0.1) is 0 Å². The molecule has 5 nitrogen and oxygen atoms in total. The number of rotatable bonds is 2. The molecule has 3 rings (SSSR count). The van der Waals surface area contributed by atoms with Gasteiger partial charge in [0.25, 0.3) is 0 Å². The minimum Gasteiger partial charge on any atom is -0.340 e. The molecule has 0 atom stereocenters. The second-order valence-corrected chi connectivity index (χ2v) is 5.60. The maximum absolute atomic E-state index is 5.96. The van der Waals surface area contributed by atoms with E-state index in [9.17, 15) is 0 Å². The molecule has 1 aliphatic rings. The molecule has 2 heterocycles. The summed E-state index contributed by atoms with van der Waals surface area (Å²) >= 11 is 0. The van der Waals surface area contributed by atoms with E-state index in [1.807, 2.05) is 16.8 Å². The molecule has 0 unspecified atom stereocenters. The smallest absolute Gasteiger partial charge is 0.245 e. The van der Waals surface area contributed by atoms with Crippen molar-refractivity contribution >= 4 is 11.6 Å². The summed E-state index contributed by atoms with van der Waals surface area (Å²) < 4.78 is 1.86. The first-order chi connectivity index (χ1) is 9.13. The van der Waals surface area contributed by atoms with Crippen LogP contribution in [0.15, 0.2) is 18.3 Å². The molecule has 0 saturated heterocycles. The van der Waals surface area contributed by atoms with Crippen molar-refractivity contribution in [3.63, 3.8) is 0 Å². The molecule has 1 fully saturated rings. The van der Waals surface area contributed by atoms with Crippen LogP contribution in [-0.4, -0.2) is 33.7 Å². The van der Waals surface area contributed by atoms with E-state index in [2.05, 4.69) is 35.0 Å². The van der Waals surface area contributed by atoms with Gasteiger partial charge >= 0.3 is 0 Å². The number of aromatic nitrogens is 3. The lowest BCUT2D eigenvalue weighted by atomic mass is 9.91. The van der Waals surface area contributed by atoms with Gasteiger partial charge in [-0.25, -0.2) is 4.52 Å². The van der Waals surface area contributed by atoms with Gasteiger partial charge in [-0.1, -0.05) is 6.07 Å². The van der Waals surface area contributed by atoms with Crippen molar-refractivity contribution < 1.29 is 0 Å². The van der Waals surface area contributed by atoms with E-state index < -0.39 is 0 Å². The monoisotopic (exact) mass is 259 g/mol. The summed E-state index contributed by atoms with van der Waals surface area (Å²) in [6.45, 7) is 2.06. The van der Waals surface area contributed by atoms with Crippen LogP contribution in [0.4, 0.5) is 5.95 Å². The fraction of sp³-hybridized carbons (Fsp3) is 0.571. The highest BCUT2D eigenvalue weighted by atomic mass is 15.4. The van der Waals surface area contributed by atoms with Crippen LogP contribution >= 0.6 is 0 Å². The second kappa shape index (κ2) is 4.81. The number of hydrogen-bond acceptors (Lipinski definition) is 4. The average Bonchev–Trinajstić information content (AvgIpc) is 2.81. The number of aryl methyl sites for hydroxylation is 1. The topological polar surface area (TPSA) is 59.5 Å². The van der Waals surface area contributed by atoms with E-state index in [0.717, 1.165) is 37.3 Å². The van der Waals surface area contributed by atoms with Crippen molar-refractivity contribution in [2.45, 2.75) is 44.7 Å². The number of fused-ring (bicyclic) bond motifs is 1. The fourth-order valence-corrected chi connectivity index (χ4v) is 2.78. The summed E-state index contributed by atoms with van der Waals surface area (Å²) in [6, 6.07) is 4.96. The molecule has 0 spiro atoms. The summed E-state index contributed by atoms with van der Waals surface area (Å²) in [5.74, 6) is 0.811. The Morgan fingerprint density at radius 3 is 2.74 bits per heavy atom. The highest BCUT2D eigenvalue weighted by Gasteiger charge is 2.24. The normalized spacial score (nSPS) is 23.7. The van der Waals surface area contributed by atoms with Crippen molar-refractivity contribution in [3.05, 3.63) is 23.9 Å². The molecule has 2 aromatic heterocycles. The van der Waals surface area contributed by atoms with Crippen LogP contribution < -0.4 is 10.6 Å². The van der Waals surface area contributed by atoms with Crippen LogP contribution in [0.2, 0.25) is 0 Å². The summed E-state index contributed by atoms with van der Waals surface area (Å²) in [5.41, 5.74) is 8.05. The molecule has 0 bridgehead atoms. The minimum absolute atomic E-state index is 0.376. The van der Waals surface area contributed by atoms with Crippen LogP contribution in [-0.2, 0) is 0 Å². The minimum atomic E-state index is 0.376. The summed E-state index contributed by atoms with van der Waals surface area (Å²) in [6.07, 6.45) is 6.47. The molecule has 0 radical (unpaired) electrons. The highest BCUT2D eigenvalue weighted by Crippen LogP contribution is 2.24. The number of nitrogens with zero attached hydrogens (tertiary/aromatic N) is 4. The number of nitrogens with two attached hydrogens (primary N) is 1. The first kappa shape index (κ1) is 12.4. The second-order valence-electron chi connectivity index (χ2n) is 5.60. The maximum atomic E-state index is 5.96. The van der Waals surface area contributed by atoms with Crippen LogP contribution in [0.1, 0.15) is 31.2 Å². The third-order valence-corrected chi connectivity index (χ3v) is 4.07. The van der Waals surface area contributed by atoms with Gasteiger partial charge in [0.15, 0.2) is 5.65 Å². The van der Waals surface area contributed by atoms with Gasteiger partial charge in [-0.05, 0) is 44.2 Å². The number of pyridine rings is 1. The van der Waals surface area contributed by atoms with Gasteiger partial charge in [-0.2, -0.15) is 4.98 Å². The van der Waals surface area contributed by atoms with Gasteiger partial charge < -0.3 is 10.6 Å². The van der Waals surface area contributed by atoms with Crippen LogP contribution in [0, 0.1) is 6.92 Å². The average molecular weight is 259 g/mol. The lowest BCUT2D eigenvalue weighted by molar-refractivity contribution is 0.382. The van der Waals surface area contributed by atoms with Gasteiger partial charge in [0.1, 0.15) is 0 Å². The van der Waals surface area contributed by atoms with E-state index in [-0.39, 0.29) is 0 Å². The molecule has 102 valence electrons. The molecule has 0 aromatic carbocycles. The zero-order valence-electron chi connectivity index (χ0n) is 11.6. The third kappa shape index (κ3) is 2.42. The van der Waals surface area contributed by atoms with Crippen molar-refractivity contribution in [2.24, 2.45) is 5.73 Å². The van der Waals surface area contributed by atoms with Gasteiger partial charge in [-0.3, -0.25) is 0 Å². The zero-order valence-corrected chi connectivity index (χ0v) is 11.6. The Hall–Kier alpha value is -1.62. The van der Waals surface area contributed by atoms with Crippen molar-refractivity contribution in [2.75, 3.05) is 11.9 Å². The Labute approximate surface area is 113 Å². The first-order valence-corrected chi connectivity index (χ1v) is 6.95. The first-order valence-electron chi connectivity index (χ1n) is 6.95. The molecule has 1 saturated carbocycles. The number of hydrogen-bond donors (Lipinski definition) is 1. The third-order valence-electron chi connectivity index (χ3n) is 4.07. The van der Waals surface area contributed by atoms with E-state index in [0.29, 0.717) is 12.1 Å². The van der Waals surface area contributed by atoms with E-state index in [1.165, 1.54) is 5.56 Å². The van der Waals surface area contributed by atoms with Crippen molar-refractivity contribution in [1.82, 2.24) is 14.6 Å². The van der Waals surface area contributed by atoms with E-state index >= 15 is 0 Å². The van der Waals surface area contributed by atoms with Crippen LogP contribution in [0.3, 0.4) is 0 Å². The highest BCUT2D eigenvalue weighted by molar-refractivity contribution is 5.45. The molecule has 0 aliphatic heterocycles. The molecular weight excluding hydrogens is 238 g/mol. The molecule has 5 heteroatoms. The molecule has 0 amide bonds. The Morgan fingerprint density at radius 2 is 2.00 bits per heavy atom. The van der Waals surface area contributed by atoms with Crippen LogP contribution in [0.5, 0.6) is 0 Å². The molecule has 19 heavy (non-hydrogen) atoms. The Kier molecular flexibility index (Phi) is 3.14. The van der Waals surface area contributed by atoms with Crippen molar-refractivity contribution in [1.29, 1.82) is 0 Å².